The molecule has 0 saturated heterocycles. The standard InChI is InChI=1S/C25H43N3O3/c1-3-5-7-9-10-12-17-27-23(24(29)28-18-11-8-6-4-2)20-26-19-21-13-15-22(16-14-21)25(30)31/h13-16,23,26-27H,3-12,17-20H2,1-2H3,(H,28,29)(H,30,31)/t23-/m0/s1. The molecule has 6 heteroatoms. The minimum absolute atomic E-state index is 0.0520. The van der Waals surface area contributed by atoms with Crippen molar-refractivity contribution in [3.63, 3.8) is 0 Å². The van der Waals surface area contributed by atoms with Crippen LogP contribution in [-0.2, 0) is 11.3 Å². The van der Waals surface area contributed by atoms with E-state index in [2.05, 4.69) is 29.8 Å². The van der Waals surface area contributed by atoms with Gasteiger partial charge in [-0.05, 0) is 37.1 Å². The fraction of sp³-hybridized carbons (Fsp3) is 0.680. The molecular weight excluding hydrogens is 390 g/mol. The summed E-state index contributed by atoms with van der Waals surface area (Å²) in [6.07, 6.45) is 11.9. The third-order valence-electron chi connectivity index (χ3n) is 5.45. The summed E-state index contributed by atoms with van der Waals surface area (Å²) in [4.78, 5) is 23.6. The second-order valence-electron chi connectivity index (χ2n) is 8.26. The quantitative estimate of drug-likeness (QED) is 0.241. The summed E-state index contributed by atoms with van der Waals surface area (Å²) in [5.74, 6) is -0.870. The van der Waals surface area contributed by atoms with Crippen molar-refractivity contribution < 1.29 is 14.7 Å². The van der Waals surface area contributed by atoms with Crippen LogP contribution in [-0.4, -0.2) is 42.7 Å². The molecule has 4 N–H and O–H groups in total. The van der Waals surface area contributed by atoms with Crippen LogP contribution < -0.4 is 16.0 Å². The van der Waals surface area contributed by atoms with Gasteiger partial charge in [-0.1, -0.05) is 77.3 Å². The lowest BCUT2D eigenvalue weighted by Crippen LogP contribution is -2.50. The first kappa shape index (κ1) is 27.1. The van der Waals surface area contributed by atoms with Gasteiger partial charge in [0.25, 0.3) is 0 Å². The maximum Gasteiger partial charge on any atom is 0.335 e. The van der Waals surface area contributed by atoms with E-state index >= 15 is 0 Å². The summed E-state index contributed by atoms with van der Waals surface area (Å²) < 4.78 is 0. The first-order valence-electron chi connectivity index (χ1n) is 12.1. The summed E-state index contributed by atoms with van der Waals surface area (Å²) in [7, 11) is 0. The Morgan fingerprint density at radius 3 is 2.06 bits per heavy atom. The lowest BCUT2D eigenvalue weighted by molar-refractivity contribution is -0.123. The summed E-state index contributed by atoms with van der Waals surface area (Å²) in [6.45, 7) is 7.11. The van der Waals surface area contributed by atoms with E-state index in [4.69, 9.17) is 5.11 Å². The minimum Gasteiger partial charge on any atom is -0.478 e. The highest BCUT2D eigenvalue weighted by Gasteiger charge is 2.16. The van der Waals surface area contributed by atoms with Gasteiger partial charge in [-0.25, -0.2) is 4.79 Å². The maximum atomic E-state index is 12.7. The predicted octanol–water partition coefficient (Wildman–Crippen LogP) is 4.49. The smallest absolute Gasteiger partial charge is 0.335 e. The van der Waals surface area contributed by atoms with Gasteiger partial charge in [0.05, 0.1) is 11.6 Å². The van der Waals surface area contributed by atoms with Gasteiger partial charge in [0.1, 0.15) is 0 Å². The number of amides is 1. The number of hydrogen-bond donors (Lipinski definition) is 4. The number of aromatic carboxylic acids is 1. The van der Waals surface area contributed by atoms with Crippen LogP contribution in [0.3, 0.4) is 0 Å². The molecule has 1 rings (SSSR count). The van der Waals surface area contributed by atoms with Crippen LogP contribution in [0.2, 0.25) is 0 Å². The molecule has 0 aromatic heterocycles. The van der Waals surface area contributed by atoms with Gasteiger partial charge in [0.2, 0.25) is 5.91 Å². The topological polar surface area (TPSA) is 90.5 Å². The zero-order valence-corrected chi connectivity index (χ0v) is 19.5. The second kappa shape index (κ2) is 17.7. The van der Waals surface area contributed by atoms with Crippen molar-refractivity contribution in [1.82, 2.24) is 16.0 Å². The Balaban J connectivity index is 2.42. The Morgan fingerprint density at radius 2 is 1.42 bits per heavy atom. The Bertz CT molecular complexity index is 605. The van der Waals surface area contributed by atoms with E-state index in [1.807, 2.05) is 12.1 Å². The molecule has 0 heterocycles. The van der Waals surface area contributed by atoms with Gasteiger partial charge < -0.3 is 21.1 Å². The van der Waals surface area contributed by atoms with Crippen molar-refractivity contribution >= 4 is 11.9 Å². The summed E-state index contributed by atoms with van der Waals surface area (Å²) in [5.41, 5.74) is 1.28. The number of carbonyl (C=O) groups excluding carboxylic acids is 1. The number of carboxylic acids is 1. The van der Waals surface area contributed by atoms with Crippen molar-refractivity contribution in [3.8, 4) is 0 Å². The van der Waals surface area contributed by atoms with E-state index in [9.17, 15) is 9.59 Å². The highest BCUT2D eigenvalue weighted by Crippen LogP contribution is 2.05. The third-order valence-corrected chi connectivity index (χ3v) is 5.45. The molecule has 0 bridgehead atoms. The van der Waals surface area contributed by atoms with Gasteiger partial charge in [-0.2, -0.15) is 0 Å². The second-order valence-corrected chi connectivity index (χ2v) is 8.26. The molecule has 1 atom stereocenters. The predicted molar refractivity (Wildman–Crippen MR) is 127 cm³/mol. The maximum absolute atomic E-state index is 12.7. The number of carbonyl (C=O) groups is 2. The molecule has 176 valence electrons. The normalized spacial score (nSPS) is 11.9. The van der Waals surface area contributed by atoms with Crippen LogP contribution in [0.1, 0.15) is 94.0 Å². The lowest BCUT2D eigenvalue weighted by Gasteiger charge is -2.19. The molecule has 0 aliphatic heterocycles. The molecule has 0 fully saturated rings. The third kappa shape index (κ3) is 13.2. The van der Waals surface area contributed by atoms with Crippen LogP contribution in [0.25, 0.3) is 0 Å². The summed E-state index contributed by atoms with van der Waals surface area (Å²) >= 11 is 0. The highest BCUT2D eigenvalue weighted by molar-refractivity contribution is 5.87. The largest absolute Gasteiger partial charge is 0.478 e. The van der Waals surface area contributed by atoms with Crippen molar-refractivity contribution in [2.24, 2.45) is 0 Å². The van der Waals surface area contributed by atoms with Gasteiger partial charge >= 0.3 is 5.97 Å². The fourth-order valence-electron chi connectivity index (χ4n) is 3.45. The molecule has 1 aromatic rings. The van der Waals surface area contributed by atoms with E-state index in [-0.39, 0.29) is 17.5 Å². The van der Waals surface area contributed by atoms with Crippen molar-refractivity contribution in [1.29, 1.82) is 0 Å². The number of nitrogens with one attached hydrogen (secondary N) is 3. The molecule has 1 aromatic carbocycles. The van der Waals surface area contributed by atoms with Gasteiger partial charge in [0.15, 0.2) is 0 Å². The van der Waals surface area contributed by atoms with Crippen molar-refractivity contribution in [2.75, 3.05) is 19.6 Å². The average Bonchev–Trinajstić information content (AvgIpc) is 2.77. The zero-order chi connectivity index (χ0) is 22.7. The van der Waals surface area contributed by atoms with Crippen LogP contribution in [0.4, 0.5) is 0 Å². The lowest BCUT2D eigenvalue weighted by atomic mass is 10.1. The summed E-state index contributed by atoms with van der Waals surface area (Å²) in [5, 5.41) is 18.8. The van der Waals surface area contributed by atoms with Crippen LogP contribution >= 0.6 is 0 Å². The van der Waals surface area contributed by atoms with Gasteiger partial charge in [0, 0.05) is 19.6 Å². The van der Waals surface area contributed by atoms with E-state index in [1.54, 1.807) is 12.1 Å². The molecule has 0 saturated carbocycles. The molecule has 1 amide bonds. The SMILES string of the molecule is CCCCCCCCN[C@@H](CNCc1ccc(C(=O)O)cc1)C(=O)NCCCCCC. The molecule has 0 unspecified atom stereocenters. The number of carboxylic acid groups (broad SMARTS) is 1. The molecule has 6 nitrogen and oxygen atoms in total. The average molecular weight is 434 g/mol. The van der Waals surface area contributed by atoms with Crippen molar-refractivity contribution in [2.45, 2.75) is 90.6 Å². The monoisotopic (exact) mass is 433 g/mol. The Hall–Kier alpha value is -1.92. The highest BCUT2D eigenvalue weighted by atomic mass is 16.4. The first-order valence-corrected chi connectivity index (χ1v) is 12.1. The molecule has 0 spiro atoms. The van der Waals surface area contributed by atoms with E-state index < -0.39 is 5.97 Å². The Morgan fingerprint density at radius 1 is 0.839 bits per heavy atom. The molecule has 0 aliphatic rings. The molecular formula is C25H43N3O3. The number of unbranched alkanes of at least 4 members (excludes halogenated alkanes) is 8. The van der Waals surface area contributed by atoms with E-state index in [0.717, 1.165) is 37.9 Å². The van der Waals surface area contributed by atoms with Gasteiger partial charge in [-0.15, -0.1) is 0 Å². The Labute approximate surface area is 188 Å². The van der Waals surface area contributed by atoms with Crippen LogP contribution in [0.5, 0.6) is 0 Å². The number of rotatable bonds is 19. The molecule has 0 aliphatic carbocycles. The molecule has 0 radical (unpaired) electrons. The fourth-order valence-corrected chi connectivity index (χ4v) is 3.45. The van der Waals surface area contributed by atoms with Gasteiger partial charge in [-0.3, -0.25) is 4.79 Å². The van der Waals surface area contributed by atoms with Crippen LogP contribution in [0, 0.1) is 0 Å². The minimum atomic E-state index is -0.922. The van der Waals surface area contributed by atoms with E-state index in [0.29, 0.717) is 13.1 Å². The summed E-state index contributed by atoms with van der Waals surface area (Å²) in [6, 6.07) is 6.57. The zero-order valence-electron chi connectivity index (χ0n) is 19.5. The Kier molecular flexibility index (Phi) is 15.5. The van der Waals surface area contributed by atoms with E-state index in [1.165, 1.54) is 44.9 Å². The molecule has 31 heavy (non-hydrogen) atoms. The number of benzene rings is 1. The first-order chi connectivity index (χ1) is 15.1. The van der Waals surface area contributed by atoms with Crippen LogP contribution in [0.15, 0.2) is 24.3 Å². The van der Waals surface area contributed by atoms with Crippen molar-refractivity contribution in [3.05, 3.63) is 35.4 Å². The number of hydrogen-bond acceptors (Lipinski definition) is 4.